The number of carbonyl (C=O) groups excluding carboxylic acids is 2. The number of carboxylic acids is 1. The van der Waals surface area contributed by atoms with Gasteiger partial charge in [-0.1, -0.05) is 58.3 Å². The Morgan fingerprint density at radius 2 is 1.44 bits per heavy atom. The van der Waals surface area contributed by atoms with E-state index in [4.69, 9.17) is 24.8 Å². The van der Waals surface area contributed by atoms with Gasteiger partial charge < -0.3 is 25.2 Å². The average molecular weight is 483 g/mol. The van der Waals surface area contributed by atoms with Crippen molar-refractivity contribution >= 4 is 25.7 Å². The van der Waals surface area contributed by atoms with Gasteiger partial charge in [-0.3, -0.25) is 23.4 Å². The molecule has 0 aromatic carbocycles. The average Bonchev–Trinajstić information content (AvgIpc) is 2.72. The van der Waals surface area contributed by atoms with Crippen LogP contribution in [-0.2, 0) is 37.5 Å². The van der Waals surface area contributed by atoms with Crippen molar-refractivity contribution < 1.29 is 47.5 Å². The van der Waals surface area contributed by atoms with Crippen molar-refractivity contribution in [3.05, 3.63) is 0 Å². The molecule has 0 aromatic heterocycles. The van der Waals surface area contributed by atoms with Gasteiger partial charge in [0.25, 0.3) is 0 Å². The second-order valence-corrected chi connectivity index (χ2v) is 8.95. The number of carboxylic acid groups (broad SMARTS) is 1. The SMILES string of the molecule is CCCCCCCCCCCC(=O)OC(COC(C)=O)COP(=O)(O)OCC(N)C(=O)O. The number of carbonyl (C=O) groups is 3. The summed E-state index contributed by atoms with van der Waals surface area (Å²) in [4.78, 5) is 43.3. The van der Waals surface area contributed by atoms with Crippen LogP contribution >= 0.6 is 7.82 Å². The van der Waals surface area contributed by atoms with Crippen molar-refractivity contribution in [1.82, 2.24) is 0 Å². The van der Waals surface area contributed by atoms with E-state index in [1.807, 2.05) is 0 Å². The van der Waals surface area contributed by atoms with Crippen LogP contribution in [0, 0.1) is 0 Å². The van der Waals surface area contributed by atoms with Gasteiger partial charge in [0.2, 0.25) is 0 Å². The first-order chi connectivity index (χ1) is 15.1. The fourth-order valence-electron chi connectivity index (χ4n) is 2.61. The van der Waals surface area contributed by atoms with Crippen LogP contribution in [0.1, 0.15) is 78.1 Å². The zero-order chi connectivity index (χ0) is 24.4. The number of phosphoric acid groups is 1. The minimum absolute atomic E-state index is 0.160. The molecule has 0 heterocycles. The summed E-state index contributed by atoms with van der Waals surface area (Å²) in [6, 6.07) is -1.51. The predicted octanol–water partition coefficient (Wildman–Crippen LogP) is 2.93. The summed E-state index contributed by atoms with van der Waals surface area (Å²) < 4.78 is 31.0. The Morgan fingerprint density at radius 1 is 0.906 bits per heavy atom. The molecule has 0 saturated carbocycles. The van der Waals surface area contributed by atoms with E-state index < -0.39 is 51.1 Å². The van der Waals surface area contributed by atoms with Crippen molar-refractivity contribution in [3.8, 4) is 0 Å². The minimum atomic E-state index is -4.65. The Hall–Kier alpha value is -1.52. The fourth-order valence-corrected chi connectivity index (χ4v) is 3.39. The lowest BCUT2D eigenvalue weighted by molar-refractivity contribution is -0.160. The zero-order valence-electron chi connectivity index (χ0n) is 19.0. The maximum absolute atomic E-state index is 12.1. The normalized spacial score (nSPS) is 14.9. The summed E-state index contributed by atoms with van der Waals surface area (Å²) in [5.74, 6) is -2.58. The molecule has 0 aliphatic rings. The van der Waals surface area contributed by atoms with E-state index in [9.17, 15) is 23.8 Å². The van der Waals surface area contributed by atoms with Gasteiger partial charge in [-0.2, -0.15) is 0 Å². The fraction of sp³-hybridized carbons (Fsp3) is 0.850. The summed E-state index contributed by atoms with van der Waals surface area (Å²) in [5, 5.41) is 8.66. The maximum Gasteiger partial charge on any atom is 0.472 e. The molecule has 0 bridgehead atoms. The van der Waals surface area contributed by atoms with Crippen molar-refractivity contribution in [1.29, 1.82) is 0 Å². The van der Waals surface area contributed by atoms with E-state index in [0.29, 0.717) is 6.42 Å². The molecule has 0 radical (unpaired) electrons. The highest BCUT2D eigenvalue weighted by atomic mass is 31.2. The van der Waals surface area contributed by atoms with Crippen molar-refractivity contribution in [2.24, 2.45) is 5.73 Å². The molecule has 0 saturated heterocycles. The summed E-state index contributed by atoms with van der Waals surface area (Å²) >= 11 is 0. The van der Waals surface area contributed by atoms with E-state index >= 15 is 0 Å². The number of hydrogen-bond acceptors (Lipinski definition) is 9. The highest BCUT2D eigenvalue weighted by molar-refractivity contribution is 7.47. The van der Waals surface area contributed by atoms with E-state index in [0.717, 1.165) is 26.2 Å². The van der Waals surface area contributed by atoms with Crippen LogP contribution in [0.15, 0.2) is 0 Å². The molecule has 0 rings (SSSR count). The van der Waals surface area contributed by atoms with Crippen LogP contribution in [0.2, 0.25) is 0 Å². The second kappa shape index (κ2) is 18.0. The second-order valence-electron chi connectivity index (χ2n) is 7.50. The lowest BCUT2D eigenvalue weighted by atomic mass is 10.1. The first-order valence-electron chi connectivity index (χ1n) is 11.0. The molecule has 0 aliphatic carbocycles. The molecule has 0 fully saturated rings. The first kappa shape index (κ1) is 30.5. The molecule has 0 aromatic rings. The Kier molecular flexibility index (Phi) is 17.1. The molecule has 188 valence electrons. The maximum atomic E-state index is 12.1. The lowest BCUT2D eigenvalue weighted by Gasteiger charge is -2.20. The number of aliphatic carboxylic acids is 1. The van der Waals surface area contributed by atoms with E-state index in [2.05, 4.69) is 11.4 Å². The zero-order valence-corrected chi connectivity index (χ0v) is 19.9. The van der Waals surface area contributed by atoms with E-state index in [1.165, 1.54) is 32.1 Å². The predicted molar refractivity (Wildman–Crippen MR) is 116 cm³/mol. The first-order valence-corrected chi connectivity index (χ1v) is 12.5. The number of nitrogens with two attached hydrogens (primary N) is 1. The molecule has 4 N–H and O–H groups in total. The standard InChI is InChI=1S/C20H38NO10P/c1-3-4-5-6-7-8-9-10-11-12-19(23)31-17(13-28-16(2)22)14-29-32(26,27)30-15-18(21)20(24)25/h17-18H,3-15,21H2,1-2H3,(H,24,25)(H,26,27). The molecule has 32 heavy (non-hydrogen) atoms. The van der Waals surface area contributed by atoms with Gasteiger partial charge in [0.1, 0.15) is 12.6 Å². The molecule has 12 heteroatoms. The van der Waals surface area contributed by atoms with Crippen LogP contribution in [0.3, 0.4) is 0 Å². The van der Waals surface area contributed by atoms with Crippen molar-refractivity contribution in [2.45, 2.75) is 90.2 Å². The van der Waals surface area contributed by atoms with Crippen LogP contribution in [0.25, 0.3) is 0 Å². The number of hydrogen-bond donors (Lipinski definition) is 3. The highest BCUT2D eigenvalue weighted by Gasteiger charge is 2.27. The monoisotopic (exact) mass is 483 g/mol. The third-order valence-electron chi connectivity index (χ3n) is 4.41. The lowest BCUT2D eigenvalue weighted by Crippen LogP contribution is -2.34. The summed E-state index contributed by atoms with van der Waals surface area (Å²) in [7, 11) is -4.65. The van der Waals surface area contributed by atoms with Gasteiger partial charge >= 0.3 is 25.7 Å². The van der Waals surface area contributed by atoms with Gasteiger partial charge in [-0.05, 0) is 6.42 Å². The smallest absolute Gasteiger partial charge is 0.472 e. The number of ether oxygens (including phenoxy) is 2. The van der Waals surface area contributed by atoms with Crippen LogP contribution in [0.5, 0.6) is 0 Å². The molecular formula is C20H38NO10P. The molecule has 3 unspecified atom stereocenters. The van der Waals surface area contributed by atoms with Gasteiger partial charge in [0.05, 0.1) is 13.2 Å². The Morgan fingerprint density at radius 3 is 1.97 bits per heavy atom. The Balaban J connectivity index is 4.31. The largest absolute Gasteiger partial charge is 0.480 e. The van der Waals surface area contributed by atoms with Crippen LogP contribution in [-0.4, -0.2) is 59.9 Å². The Labute approximate surface area is 189 Å². The van der Waals surface area contributed by atoms with Gasteiger partial charge in [-0.25, -0.2) is 4.57 Å². The van der Waals surface area contributed by atoms with E-state index in [1.54, 1.807) is 0 Å². The number of phosphoric ester groups is 1. The number of esters is 2. The third kappa shape index (κ3) is 18.1. The van der Waals surface area contributed by atoms with Crippen molar-refractivity contribution in [3.63, 3.8) is 0 Å². The molecule has 3 atom stereocenters. The molecule has 0 amide bonds. The quantitative estimate of drug-likeness (QED) is 0.132. The Bertz CT molecular complexity index is 601. The molecule has 0 aliphatic heterocycles. The van der Waals surface area contributed by atoms with Crippen molar-refractivity contribution in [2.75, 3.05) is 19.8 Å². The van der Waals surface area contributed by atoms with Gasteiger partial charge in [0, 0.05) is 13.3 Å². The number of rotatable bonds is 20. The van der Waals surface area contributed by atoms with Gasteiger partial charge in [0.15, 0.2) is 6.10 Å². The van der Waals surface area contributed by atoms with E-state index in [-0.39, 0.29) is 13.0 Å². The summed E-state index contributed by atoms with van der Waals surface area (Å²) in [5.41, 5.74) is 5.19. The van der Waals surface area contributed by atoms with Gasteiger partial charge in [-0.15, -0.1) is 0 Å². The van der Waals surface area contributed by atoms with Crippen LogP contribution < -0.4 is 5.73 Å². The summed E-state index contributed by atoms with van der Waals surface area (Å²) in [6.45, 7) is 1.63. The molecule has 11 nitrogen and oxygen atoms in total. The molecular weight excluding hydrogens is 445 g/mol. The topological polar surface area (TPSA) is 172 Å². The van der Waals surface area contributed by atoms with Crippen LogP contribution in [0.4, 0.5) is 0 Å². The number of unbranched alkanes of at least 4 members (excludes halogenated alkanes) is 8. The molecule has 0 spiro atoms. The minimum Gasteiger partial charge on any atom is -0.480 e. The third-order valence-corrected chi connectivity index (χ3v) is 5.36. The highest BCUT2D eigenvalue weighted by Crippen LogP contribution is 2.43. The summed E-state index contributed by atoms with van der Waals surface area (Å²) in [6.07, 6.45) is 8.87.